The maximum absolute atomic E-state index is 12.1. The number of benzene rings is 2. The summed E-state index contributed by atoms with van der Waals surface area (Å²) < 4.78 is 11.0. The fourth-order valence-electron chi connectivity index (χ4n) is 2.29. The van der Waals surface area contributed by atoms with Crippen LogP contribution in [0.4, 0.5) is 11.4 Å². The van der Waals surface area contributed by atoms with Crippen LogP contribution in [0, 0.1) is 0 Å². The molecule has 0 aliphatic heterocycles. The van der Waals surface area contributed by atoms with Crippen LogP contribution >= 0.6 is 0 Å². The average molecular weight is 356 g/mol. The van der Waals surface area contributed by atoms with Crippen molar-refractivity contribution in [2.75, 3.05) is 17.2 Å². The second-order valence-corrected chi connectivity index (χ2v) is 5.89. The van der Waals surface area contributed by atoms with Gasteiger partial charge in [-0.15, -0.1) is 0 Å². The van der Waals surface area contributed by atoms with Crippen molar-refractivity contribution in [3.05, 3.63) is 48.5 Å². The summed E-state index contributed by atoms with van der Waals surface area (Å²) in [6.45, 7) is 6.24. The molecular weight excluding hydrogens is 332 g/mol. The number of carbonyl (C=O) groups excluding carboxylic acids is 2. The van der Waals surface area contributed by atoms with Crippen LogP contribution in [0.2, 0.25) is 0 Å². The van der Waals surface area contributed by atoms with Gasteiger partial charge in [0, 0.05) is 5.69 Å². The van der Waals surface area contributed by atoms with Crippen LogP contribution in [0.1, 0.15) is 27.2 Å². The minimum absolute atomic E-state index is 0.0821. The number of ether oxygens (including phenoxy) is 2. The molecule has 2 aromatic carbocycles. The van der Waals surface area contributed by atoms with Gasteiger partial charge in [0.2, 0.25) is 11.8 Å². The highest BCUT2D eigenvalue weighted by atomic mass is 16.5. The zero-order valence-corrected chi connectivity index (χ0v) is 15.2. The second kappa shape index (κ2) is 9.46. The zero-order chi connectivity index (χ0) is 18.9. The fourth-order valence-corrected chi connectivity index (χ4v) is 2.29. The van der Waals surface area contributed by atoms with E-state index in [9.17, 15) is 9.59 Å². The first kappa shape index (κ1) is 19.3. The molecule has 26 heavy (non-hydrogen) atoms. The average Bonchev–Trinajstić information content (AvgIpc) is 2.58. The van der Waals surface area contributed by atoms with Crippen LogP contribution in [0.3, 0.4) is 0 Å². The van der Waals surface area contributed by atoms with Crippen LogP contribution in [-0.2, 0) is 9.59 Å². The molecule has 6 heteroatoms. The van der Waals surface area contributed by atoms with E-state index >= 15 is 0 Å². The molecule has 0 aromatic heterocycles. The Morgan fingerprint density at radius 3 is 2.27 bits per heavy atom. The fraction of sp³-hybridized carbons (Fsp3) is 0.300. The summed E-state index contributed by atoms with van der Waals surface area (Å²) in [7, 11) is 0. The van der Waals surface area contributed by atoms with Crippen LogP contribution in [-0.4, -0.2) is 24.5 Å². The normalized spacial score (nSPS) is 10.3. The lowest BCUT2D eigenvalue weighted by Gasteiger charge is -2.12. The van der Waals surface area contributed by atoms with Crippen LogP contribution in [0.25, 0.3) is 0 Å². The summed E-state index contributed by atoms with van der Waals surface area (Å²) in [6, 6.07) is 14.1. The van der Waals surface area contributed by atoms with Gasteiger partial charge in [0.25, 0.3) is 0 Å². The van der Waals surface area contributed by atoms with Gasteiger partial charge in [-0.3, -0.25) is 9.59 Å². The van der Waals surface area contributed by atoms with Gasteiger partial charge in [-0.1, -0.05) is 12.1 Å². The van der Waals surface area contributed by atoms with Crippen molar-refractivity contribution in [1.82, 2.24) is 0 Å². The molecule has 0 spiro atoms. The number of anilines is 2. The minimum atomic E-state index is -0.408. The third-order valence-electron chi connectivity index (χ3n) is 3.29. The Morgan fingerprint density at radius 2 is 1.62 bits per heavy atom. The SMILES string of the molecule is CCOc1ccccc1NC(=O)CC(=O)Nc1ccc(OC(C)C)cc1. The molecule has 2 rings (SSSR count). The molecule has 2 N–H and O–H groups in total. The monoisotopic (exact) mass is 356 g/mol. The number of hydrogen-bond acceptors (Lipinski definition) is 4. The van der Waals surface area contributed by atoms with Crippen molar-refractivity contribution in [3.8, 4) is 11.5 Å². The lowest BCUT2D eigenvalue weighted by atomic mass is 10.2. The van der Waals surface area contributed by atoms with Crippen LogP contribution < -0.4 is 20.1 Å². The first-order valence-corrected chi connectivity index (χ1v) is 8.56. The number of para-hydroxylation sites is 2. The van der Waals surface area contributed by atoms with Crippen molar-refractivity contribution in [2.24, 2.45) is 0 Å². The zero-order valence-electron chi connectivity index (χ0n) is 15.2. The predicted molar refractivity (Wildman–Crippen MR) is 102 cm³/mol. The number of amides is 2. The van der Waals surface area contributed by atoms with Crippen molar-refractivity contribution < 1.29 is 19.1 Å². The van der Waals surface area contributed by atoms with Crippen molar-refractivity contribution in [3.63, 3.8) is 0 Å². The van der Waals surface area contributed by atoms with Crippen molar-refractivity contribution in [1.29, 1.82) is 0 Å². The van der Waals surface area contributed by atoms with E-state index in [0.29, 0.717) is 23.7 Å². The van der Waals surface area contributed by atoms with Crippen LogP contribution in [0.5, 0.6) is 11.5 Å². The molecule has 2 aromatic rings. The van der Waals surface area contributed by atoms with Gasteiger partial charge >= 0.3 is 0 Å². The topological polar surface area (TPSA) is 76.7 Å². The van der Waals surface area contributed by atoms with E-state index in [1.165, 1.54) is 0 Å². The molecule has 0 aliphatic rings. The van der Waals surface area contributed by atoms with Gasteiger partial charge in [0.05, 0.1) is 18.4 Å². The predicted octanol–water partition coefficient (Wildman–Crippen LogP) is 3.84. The van der Waals surface area contributed by atoms with Gasteiger partial charge in [0.1, 0.15) is 17.9 Å². The summed E-state index contributed by atoms with van der Waals surface area (Å²) >= 11 is 0. The highest BCUT2D eigenvalue weighted by Gasteiger charge is 2.12. The molecule has 2 amide bonds. The van der Waals surface area contributed by atoms with Gasteiger partial charge in [-0.2, -0.15) is 0 Å². The summed E-state index contributed by atoms with van der Waals surface area (Å²) in [4.78, 5) is 24.1. The number of rotatable bonds is 8. The highest BCUT2D eigenvalue weighted by Crippen LogP contribution is 2.23. The summed E-state index contributed by atoms with van der Waals surface area (Å²) in [5.74, 6) is 0.496. The van der Waals surface area contributed by atoms with E-state index in [4.69, 9.17) is 9.47 Å². The third kappa shape index (κ3) is 6.12. The third-order valence-corrected chi connectivity index (χ3v) is 3.29. The Morgan fingerprint density at radius 1 is 0.962 bits per heavy atom. The van der Waals surface area contributed by atoms with Gasteiger partial charge in [-0.25, -0.2) is 0 Å². The van der Waals surface area contributed by atoms with E-state index in [1.54, 1.807) is 42.5 Å². The molecule has 6 nitrogen and oxygen atoms in total. The van der Waals surface area contributed by atoms with E-state index in [2.05, 4.69) is 10.6 Å². The lowest BCUT2D eigenvalue weighted by molar-refractivity contribution is -0.123. The Bertz CT molecular complexity index is 742. The maximum Gasteiger partial charge on any atom is 0.233 e. The summed E-state index contributed by atoms with van der Waals surface area (Å²) in [5.41, 5.74) is 1.15. The Balaban J connectivity index is 1.88. The number of nitrogens with one attached hydrogen (secondary N) is 2. The lowest BCUT2D eigenvalue weighted by Crippen LogP contribution is -2.21. The van der Waals surface area contributed by atoms with Crippen LogP contribution in [0.15, 0.2) is 48.5 Å². The molecule has 0 saturated carbocycles. The molecule has 0 aliphatic carbocycles. The Hall–Kier alpha value is -3.02. The Kier molecular flexibility index (Phi) is 7.02. The highest BCUT2D eigenvalue weighted by molar-refractivity contribution is 6.08. The summed E-state index contributed by atoms with van der Waals surface area (Å²) in [6.07, 6.45) is -0.205. The quantitative estimate of drug-likeness (QED) is 0.705. The maximum atomic E-state index is 12.1. The number of carbonyl (C=O) groups is 2. The van der Waals surface area contributed by atoms with E-state index in [1.807, 2.05) is 26.8 Å². The standard InChI is InChI=1S/C20H24N2O4/c1-4-25-18-8-6-5-7-17(18)22-20(24)13-19(23)21-15-9-11-16(12-10-15)26-14(2)3/h5-12,14H,4,13H2,1-3H3,(H,21,23)(H,22,24). The first-order chi connectivity index (χ1) is 12.5. The molecular formula is C20H24N2O4. The smallest absolute Gasteiger partial charge is 0.233 e. The molecule has 0 heterocycles. The molecule has 0 unspecified atom stereocenters. The van der Waals surface area contributed by atoms with Gasteiger partial charge in [-0.05, 0) is 57.2 Å². The van der Waals surface area contributed by atoms with E-state index in [-0.39, 0.29) is 12.5 Å². The molecule has 138 valence electrons. The number of hydrogen-bond donors (Lipinski definition) is 2. The largest absolute Gasteiger partial charge is 0.492 e. The molecule has 0 fully saturated rings. The minimum Gasteiger partial charge on any atom is -0.492 e. The second-order valence-electron chi connectivity index (χ2n) is 5.89. The van der Waals surface area contributed by atoms with E-state index < -0.39 is 11.8 Å². The van der Waals surface area contributed by atoms with Gasteiger partial charge < -0.3 is 20.1 Å². The summed E-state index contributed by atoms with van der Waals surface area (Å²) in [5, 5.41) is 5.39. The molecule has 0 bridgehead atoms. The molecule has 0 atom stereocenters. The van der Waals surface area contributed by atoms with E-state index in [0.717, 1.165) is 5.75 Å². The van der Waals surface area contributed by atoms with Crippen molar-refractivity contribution in [2.45, 2.75) is 33.3 Å². The molecule has 0 radical (unpaired) electrons. The van der Waals surface area contributed by atoms with Gasteiger partial charge in [0.15, 0.2) is 0 Å². The first-order valence-electron chi connectivity index (χ1n) is 8.56. The molecule has 0 saturated heterocycles. The Labute approximate surface area is 153 Å². The van der Waals surface area contributed by atoms with Crippen molar-refractivity contribution >= 4 is 23.2 Å².